The van der Waals surface area contributed by atoms with Crippen molar-refractivity contribution in [1.29, 1.82) is 0 Å². The molecular weight excluding hydrogens is 270 g/mol. The summed E-state index contributed by atoms with van der Waals surface area (Å²) >= 11 is 8.05. The minimum absolute atomic E-state index is 0.613. The maximum absolute atomic E-state index is 5.72. The van der Waals surface area contributed by atoms with E-state index in [0.29, 0.717) is 5.88 Å². The van der Waals surface area contributed by atoms with Gasteiger partial charge in [-0.3, -0.25) is 0 Å². The fraction of sp³-hybridized carbons (Fsp3) is 0.333. The number of hydrogen-bond acceptors (Lipinski definition) is 0. The highest BCUT2D eigenvalue weighted by Crippen LogP contribution is 2.16. The molecule has 0 saturated carbocycles. The topological polar surface area (TPSA) is 0 Å². The molecule has 0 atom stereocenters. The smallest absolute Gasteiger partial charge is 0.0484 e. The van der Waals surface area contributed by atoms with Crippen molar-refractivity contribution in [2.24, 2.45) is 0 Å². The molecule has 11 heavy (non-hydrogen) atoms. The van der Waals surface area contributed by atoms with Crippen LogP contribution in [-0.4, -0.2) is 0 Å². The normalized spacial score (nSPS) is 10.1. The summed E-state index contributed by atoms with van der Waals surface area (Å²) in [6.07, 6.45) is 1.10. The molecule has 0 aliphatic rings. The van der Waals surface area contributed by atoms with Gasteiger partial charge in [0.2, 0.25) is 0 Å². The second-order valence-electron chi connectivity index (χ2n) is 2.41. The zero-order valence-electron chi connectivity index (χ0n) is 6.40. The summed E-state index contributed by atoms with van der Waals surface area (Å²) < 4.78 is 1.27. The monoisotopic (exact) mass is 280 g/mol. The minimum atomic E-state index is 0.613. The second kappa shape index (κ2) is 4.31. The Hall–Kier alpha value is 0.240. The van der Waals surface area contributed by atoms with E-state index in [1.54, 1.807) is 0 Å². The van der Waals surface area contributed by atoms with Crippen LogP contribution in [0.25, 0.3) is 0 Å². The Balaban J connectivity index is 2.99. The van der Waals surface area contributed by atoms with Gasteiger partial charge in [-0.25, -0.2) is 0 Å². The van der Waals surface area contributed by atoms with Gasteiger partial charge in [0.15, 0.2) is 0 Å². The first kappa shape index (κ1) is 9.33. The molecule has 0 unspecified atom stereocenters. The number of hydrogen-bond donors (Lipinski definition) is 0. The lowest BCUT2D eigenvalue weighted by molar-refractivity contribution is 1.13. The van der Waals surface area contributed by atoms with Crippen molar-refractivity contribution in [3.05, 3.63) is 32.9 Å². The van der Waals surface area contributed by atoms with Gasteiger partial charge in [-0.2, -0.15) is 0 Å². The van der Waals surface area contributed by atoms with Gasteiger partial charge in [-0.15, -0.1) is 11.6 Å². The standard InChI is InChI=1S/C9H10ClI/c1-2-7-3-4-8(6-10)9(11)5-7/h3-5H,2,6H2,1H3. The Morgan fingerprint density at radius 1 is 1.45 bits per heavy atom. The van der Waals surface area contributed by atoms with E-state index in [2.05, 4.69) is 47.7 Å². The van der Waals surface area contributed by atoms with Gasteiger partial charge in [-0.05, 0) is 46.2 Å². The van der Waals surface area contributed by atoms with Crippen molar-refractivity contribution in [3.8, 4) is 0 Å². The summed E-state index contributed by atoms with van der Waals surface area (Å²) in [4.78, 5) is 0. The van der Waals surface area contributed by atoms with Crippen molar-refractivity contribution in [2.45, 2.75) is 19.2 Å². The summed E-state index contributed by atoms with van der Waals surface area (Å²) in [6.45, 7) is 2.16. The maximum Gasteiger partial charge on any atom is 0.0484 e. The highest BCUT2D eigenvalue weighted by Gasteiger charge is 1.97. The Labute approximate surface area is 86.1 Å². The van der Waals surface area contributed by atoms with Gasteiger partial charge in [0.1, 0.15) is 0 Å². The molecule has 0 aromatic heterocycles. The molecule has 0 bridgehead atoms. The lowest BCUT2D eigenvalue weighted by atomic mass is 10.1. The Kier molecular flexibility index (Phi) is 3.66. The molecule has 0 heterocycles. The van der Waals surface area contributed by atoms with Gasteiger partial charge in [0.05, 0.1) is 0 Å². The molecule has 0 aliphatic carbocycles. The number of benzene rings is 1. The van der Waals surface area contributed by atoms with E-state index >= 15 is 0 Å². The number of alkyl halides is 1. The summed E-state index contributed by atoms with van der Waals surface area (Å²) in [5.74, 6) is 0.613. The quantitative estimate of drug-likeness (QED) is 0.574. The third-order valence-corrected chi connectivity index (χ3v) is 2.96. The number of aryl methyl sites for hydroxylation is 1. The van der Waals surface area contributed by atoms with Gasteiger partial charge in [0, 0.05) is 9.45 Å². The third kappa shape index (κ3) is 2.34. The average molecular weight is 281 g/mol. The summed E-state index contributed by atoms with van der Waals surface area (Å²) in [5.41, 5.74) is 2.60. The van der Waals surface area contributed by atoms with Crippen LogP contribution in [0.5, 0.6) is 0 Å². The molecule has 2 heteroatoms. The van der Waals surface area contributed by atoms with Gasteiger partial charge in [-0.1, -0.05) is 19.1 Å². The van der Waals surface area contributed by atoms with Crippen LogP contribution in [0.1, 0.15) is 18.1 Å². The van der Waals surface area contributed by atoms with Crippen LogP contribution in [-0.2, 0) is 12.3 Å². The molecular formula is C9H10ClI. The third-order valence-electron chi connectivity index (χ3n) is 1.67. The molecule has 0 spiro atoms. The summed E-state index contributed by atoms with van der Waals surface area (Å²) in [5, 5.41) is 0. The van der Waals surface area contributed by atoms with Crippen LogP contribution < -0.4 is 0 Å². The van der Waals surface area contributed by atoms with E-state index in [0.717, 1.165) is 6.42 Å². The molecule has 1 aromatic rings. The van der Waals surface area contributed by atoms with E-state index in [1.165, 1.54) is 14.7 Å². The van der Waals surface area contributed by atoms with Crippen molar-refractivity contribution in [3.63, 3.8) is 0 Å². The largest absolute Gasteiger partial charge is 0.122 e. The molecule has 0 N–H and O–H groups in total. The molecule has 0 saturated heterocycles. The SMILES string of the molecule is CCc1ccc(CCl)c(I)c1. The summed E-state index contributed by atoms with van der Waals surface area (Å²) in [6, 6.07) is 6.44. The number of halogens is 2. The van der Waals surface area contributed by atoms with Gasteiger partial charge in [0.25, 0.3) is 0 Å². The lowest BCUT2D eigenvalue weighted by Gasteiger charge is -2.01. The van der Waals surface area contributed by atoms with Gasteiger partial charge < -0.3 is 0 Å². The fourth-order valence-electron chi connectivity index (χ4n) is 0.919. The van der Waals surface area contributed by atoms with Crippen LogP contribution in [0.2, 0.25) is 0 Å². The fourth-order valence-corrected chi connectivity index (χ4v) is 2.15. The molecule has 1 aromatic carbocycles. The first-order valence-electron chi connectivity index (χ1n) is 3.61. The van der Waals surface area contributed by atoms with Crippen LogP contribution in [0, 0.1) is 3.57 Å². The van der Waals surface area contributed by atoms with Crippen molar-refractivity contribution in [1.82, 2.24) is 0 Å². The first-order valence-corrected chi connectivity index (χ1v) is 5.22. The highest BCUT2D eigenvalue weighted by molar-refractivity contribution is 14.1. The Morgan fingerprint density at radius 2 is 2.18 bits per heavy atom. The van der Waals surface area contributed by atoms with Crippen LogP contribution >= 0.6 is 34.2 Å². The van der Waals surface area contributed by atoms with E-state index < -0.39 is 0 Å². The van der Waals surface area contributed by atoms with Crippen LogP contribution in [0.3, 0.4) is 0 Å². The molecule has 0 aliphatic heterocycles. The Bertz CT molecular complexity index is 245. The zero-order valence-corrected chi connectivity index (χ0v) is 9.32. The van der Waals surface area contributed by atoms with E-state index in [-0.39, 0.29) is 0 Å². The molecule has 0 radical (unpaired) electrons. The second-order valence-corrected chi connectivity index (χ2v) is 3.84. The van der Waals surface area contributed by atoms with Crippen LogP contribution in [0.4, 0.5) is 0 Å². The van der Waals surface area contributed by atoms with E-state index in [9.17, 15) is 0 Å². The first-order chi connectivity index (χ1) is 5.27. The predicted molar refractivity (Wildman–Crippen MR) is 58.1 cm³/mol. The Morgan fingerprint density at radius 3 is 2.64 bits per heavy atom. The average Bonchev–Trinajstić information content (AvgIpc) is 2.04. The van der Waals surface area contributed by atoms with E-state index in [1.807, 2.05) is 0 Å². The minimum Gasteiger partial charge on any atom is -0.122 e. The van der Waals surface area contributed by atoms with Crippen molar-refractivity contribution in [2.75, 3.05) is 0 Å². The van der Waals surface area contributed by atoms with Crippen molar-refractivity contribution >= 4 is 34.2 Å². The zero-order chi connectivity index (χ0) is 8.27. The summed E-state index contributed by atoms with van der Waals surface area (Å²) in [7, 11) is 0. The van der Waals surface area contributed by atoms with Crippen molar-refractivity contribution < 1.29 is 0 Å². The molecule has 60 valence electrons. The number of rotatable bonds is 2. The highest BCUT2D eigenvalue weighted by atomic mass is 127. The lowest BCUT2D eigenvalue weighted by Crippen LogP contribution is -1.87. The van der Waals surface area contributed by atoms with Crippen LogP contribution in [0.15, 0.2) is 18.2 Å². The molecule has 0 nitrogen and oxygen atoms in total. The molecule has 0 fully saturated rings. The molecule has 0 amide bonds. The van der Waals surface area contributed by atoms with Gasteiger partial charge >= 0.3 is 0 Å². The molecule has 1 rings (SSSR count). The maximum atomic E-state index is 5.72. The van der Waals surface area contributed by atoms with E-state index in [4.69, 9.17) is 11.6 Å². The predicted octanol–water partition coefficient (Wildman–Crippen LogP) is 3.59.